The van der Waals surface area contributed by atoms with Crippen molar-refractivity contribution in [3.8, 4) is 5.88 Å². The molecule has 0 aliphatic rings. The number of halogens is 2. The van der Waals surface area contributed by atoms with Crippen LogP contribution in [0.5, 0.6) is 5.88 Å². The zero-order valence-corrected chi connectivity index (χ0v) is 16.0. The molecule has 0 saturated heterocycles. The smallest absolute Gasteiger partial charge is 0.259 e. The predicted octanol–water partition coefficient (Wildman–Crippen LogP) is 3.25. The third kappa shape index (κ3) is 3.92. The normalized spacial score (nSPS) is 12.7. The van der Waals surface area contributed by atoms with Gasteiger partial charge in [0, 0.05) is 28.7 Å². The number of hydrogen-bond acceptors (Lipinski definition) is 4. The Kier molecular flexibility index (Phi) is 5.53. The van der Waals surface area contributed by atoms with E-state index in [1.54, 1.807) is 23.0 Å². The van der Waals surface area contributed by atoms with Crippen LogP contribution in [-0.2, 0) is 17.5 Å². The number of aromatic amines is 1. The molecule has 2 N–H and O–H groups in total. The van der Waals surface area contributed by atoms with Crippen LogP contribution in [0.25, 0.3) is 10.9 Å². The lowest BCUT2D eigenvalue weighted by Crippen LogP contribution is -2.19. The maximum Gasteiger partial charge on any atom is 0.259 e. The number of likely N-dealkylation sites (N-methyl/N-ethyl adjacent to an activating group) is 1. The topological polar surface area (TPSA) is 75.2 Å². The molecule has 1 aromatic carbocycles. The number of nitrogens with one attached hydrogen (secondary N) is 2. The molecule has 0 fully saturated rings. The molecule has 10 heteroatoms. The molecule has 25 heavy (non-hydrogen) atoms. The second-order valence-corrected chi connectivity index (χ2v) is 7.45. The van der Waals surface area contributed by atoms with Crippen LogP contribution in [0.15, 0.2) is 35.5 Å². The van der Waals surface area contributed by atoms with Gasteiger partial charge in [-0.15, -0.1) is 0 Å². The van der Waals surface area contributed by atoms with Gasteiger partial charge < -0.3 is 14.2 Å². The second-order valence-electron chi connectivity index (χ2n) is 5.68. The molecule has 0 amide bonds. The number of benzene rings is 1. The van der Waals surface area contributed by atoms with Gasteiger partial charge in [0.25, 0.3) is 5.88 Å². The molecule has 0 spiro atoms. The number of nitrogens with zero attached hydrogens (tertiary/aromatic N) is 3. The van der Waals surface area contributed by atoms with E-state index in [2.05, 4.69) is 14.8 Å². The van der Waals surface area contributed by atoms with Crippen molar-refractivity contribution in [2.75, 3.05) is 25.4 Å². The van der Waals surface area contributed by atoms with Gasteiger partial charge >= 0.3 is 0 Å². The van der Waals surface area contributed by atoms with Gasteiger partial charge in [-0.05, 0) is 26.2 Å². The highest BCUT2D eigenvalue weighted by atomic mass is 35.5. The Bertz CT molecular complexity index is 909. The third-order valence-electron chi connectivity index (χ3n) is 3.63. The van der Waals surface area contributed by atoms with Crippen molar-refractivity contribution in [2.45, 2.75) is 11.4 Å². The molecule has 0 bridgehead atoms. The van der Waals surface area contributed by atoms with Crippen LogP contribution in [0.2, 0.25) is 5.02 Å². The van der Waals surface area contributed by atoms with E-state index in [0.29, 0.717) is 28.0 Å². The first-order chi connectivity index (χ1) is 12.0. The fraction of sp³-hybridized carbons (Fsp3) is 0.267. The van der Waals surface area contributed by atoms with Gasteiger partial charge in [-0.25, -0.2) is 8.89 Å². The fourth-order valence-electron chi connectivity index (χ4n) is 2.36. The highest BCUT2D eigenvalue weighted by Gasteiger charge is 2.17. The Labute approximate surface area is 157 Å². The molecule has 2 aromatic heterocycles. The Balaban J connectivity index is 1.82. The van der Waals surface area contributed by atoms with E-state index in [9.17, 15) is 4.21 Å². The molecule has 2 heterocycles. The molecule has 3 rings (SSSR count). The maximum atomic E-state index is 12.7. The monoisotopic (exact) mass is 401 g/mol. The number of H-pyrrole nitrogens is 1. The maximum absolute atomic E-state index is 12.7. The van der Waals surface area contributed by atoms with Gasteiger partial charge in [0.1, 0.15) is 17.6 Å². The van der Waals surface area contributed by atoms with Gasteiger partial charge in [-0.1, -0.05) is 17.7 Å². The predicted molar refractivity (Wildman–Crippen MR) is 101 cm³/mol. The fourth-order valence-corrected chi connectivity index (χ4v) is 3.69. The van der Waals surface area contributed by atoms with Gasteiger partial charge in [0.05, 0.1) is 17.6 Å². The second kappa shape index (κ2) is 7.65. The lowest BCUT2D eigenvalue weighted by molar-refractivity contribution is 0.361. The zero-order chi connectivity index (χ0) is 18.0. The van der Waals surface area contributed by atoms with Crippen LogP contribution in [0.4, 0.5) is 5.69 Å². The SMILES string of the molecule is CN(C)CCn1ncc(NS(=O)c2c[nH]c3cc(Cl)ccc23)c1OCl. The summed E-state index contributed by atoms with van der Waals surface area (Å²) in [4.78, 5) is 5.68. The highest BCUT2D eigenvalue weighted by molar-refractivity contribution is 7.86. The quantitative estimate of drug-likeness (QED) is 0.636. The minimum Gasteiger partial charge on any atom is -0.363 e. The molecule has 1 atom stereocenters. The Morgan fingerprint density at radius 2 is 2.24 bits per heavy atom. The van der Waals surface area contributed by atoms with Crippen LogP contribution in [0, 0.1) is 0 Å². The van der Waals surface area contributed by atoms with E-state index in [-0.39, 0.29) is 0 Å². The summed E-state index contributed by atoms with van der Waals surface area (Å²) in [6, 6.07) is 5.36. The summed E-state index contributed by atoms with van der Waals surface area (Å²) in [7, 11) is 2.40. The average Bonchev–Trinajstić information content (AvgIpc) is 3.15. The number of hydrogen-bond donors (Lipinski definition) is 2. The molecule has 0 saturated carbocycles. The molecule has 134 valence electrons. The molecular weight excluding hydrogens is 385 g/mol. The molecule has 7 nitrogen and oxygen atoms in total. The van der Waals surface area contributed by atoms with Crippen molar-refractivity contribution in [2.24, 2.45) is 0 Å². The van der Waals surface area contributed by atoms with Crippen LogP contribution in [0.3, 0.4) is 0 Å². The number of aromatic nitrogens is 3. The van der Waals surface area contributed by atoms with Gasteiger partial charge in [-0.2, -0.15) is 5.10 Å². The lowest BCUT2D eigenvalue weighted by Gasteiger charge is -2.11. The van der Waals surface area contributed by atoms with Crippen LogP contribution in [-0.4, -0.2) is 44.5 Å². The van der Waals surface area contributed by atoms with E-state index >= 15 is 0 Å². The molecule has 0 radical (unpaired) electrons. The third-order valence-corrected chi connectivity index (χ3v) is 5.16. The first kappa shape index (κ1) is 18.1. The number of rotatable bonds is 7. The minimum absolute atomic E-state index is 0.319. The van der Waals surface area contributed by atoms with E-state index in [1.807, 2.05) is 25.1 Å². The first-order valence-corrected chi connectivity index (χ1v) is 9.27. The highest BCUT2D eigenvalue weighted by Crippen LogP contribution is 2.29. The molecule has 0 aliphatic carbocycles. The molecule has 1 unspecified atom stereocenters. The Morgan fingerprint density at radius 3 is 2.96 bits per heavy atom. The number of anilines is 1. The van der Waals surface area contributed by atoms with E-state index in [4.69, 9.17) is 27.8 Å². The van der Waals surface area contributed by atoms with Gasteiger partial charge in [0.15, 0.2) is 11.0 Å². The minimum atomic E-state index is -1.52. The standard InChI is InChI=1S/C15H17Cl2N5O2S/c1-21(2)5-6-22-15(24-17)13(8-19-22)20-25(23)14-9-18-12-7-10(16)3-4-11(12)14/h3-4,7-9,18,20H,5-6H2,1-2H3. The zero-order valence-electron chi connectivity index (χ0n) is 13.6. The van der Waals surface area contributed by atoms with Crippen molar-refractivity contribution in [1.82, 2.24) is 19.7 Å². The summed E-state index contributed by atoms with van der Waals surface area (Å²) in [5.41, 5.74) is 1.27. The van der Waals surface area contributed by atoms with Crippen LogP contribution < -0.4 is 9.01 Å². The Morgan fingerprint density at radius 1 is 1.44 bits per heavy atom. The summed E-state index contributed by atoms with van der Waals surface area (Å²) >= 11 is 11.6. The van der Waals surface area contributed by atoms with Crippen molar-refractivity contribution < 1.29 is 8.50 Å². The van der Waals surface area contributed by atoms with E-state index in [1.165, 1.54) is 6.20 Å². The van der Waals surface area contributed by atoms with Crippen molar-refractivity contribution >= 4 is 51.0 Å². The summed E-state index contributed by atoms with van der Waals surface area (Å²) in [5, 5.41) is 5.66. The summed E-state index contributed by atoms with van der Waals surface area (Å²) in [5.74, 6) is 0.319. The van der Waals surface area contributed by atoms with Crippen LogP contribution >= 0.6 is 23.5 Å². The molecule has 3 aromatic rings. The van der Waals surface area contributed by atoms with Crippen molar-refractivity contribution in [1.29, 1.82) is 0 Å². The molecular formula is C15H17Cl2N5O2S. The van der Waals surface area contributed by atoms with Crippen LogP contribution in [0.1, 0.15) is 0 Å². The Hall–Kier alpha value is -1.74. The van der Waals surface area contributed by atoms with Crippen molar-refractivity contribution in [3.05, 3.63) is 35.6 Å². The summed E-state index contributed by atoms with van der Waals surface area (Å²) in [6.07, 6.45) is 3.22. The summed E-state index contributed by atoms with van der Waals surface area (Å²) in [6.45, 7) is 1.36. The average molecular weight is 402 g/mol. The largest absolute Gasteiger partial charge is 0.363 e. The summed E-state index contributed by atoms with van der Waals surface area (Å²) < 4.78 is 22.1. The first-order valence-electron chi connectivity index (χ1n) is 7.44. The van der Waals surface area contributed by atoms with E-state index < -0.39 is 11.0 Å². The number of fused-ring (bicyclic) bond motifs is 1. The van der Waals surface area contributed by atoms with Gasteiger partial charge in [-0.3, -0.25) is 4.72 Å². The molecule has 0 aliphatic heterocycles. The van der Waals surface area contributed by atoms with Gasteiger partial charge in [0.2, 0.25) is 0 Å². The lowest BCUT2D eigenvalue weighted by atomic mass is 10.2. The van der Waals surface area contributed by atoms with E-state index in [0.717, 1.165) is 17.4 Å². The van der Waals surface area contributed by atoms with Crippen molar-refractivity contribution in [3.63, 3.8) is 0 Å².